The van der Waals surface area contributed by atoms with Crippen molar-refractivity contribution in [1.82, 2.24) is 0 Å². The van der Waals surface area contributed by atoms with Crippen LogP contribution in [-0.2, 0) is 9.53 Å². The van der Waals surface area contributed by atoms with Crippen LogP contribution in [0.15, 0.2) is 22.3 Å². The number of ether oxygens (including phenoxy) is 1. The minimum absolute atomic E-state index is 0.00451. The van der Waals surface area contributed by atoms with Gasteiger partial charge in [0.1, 0.15) is 6.10 Å². The van der Waals surface area contributed by atoms with Crippen molar-refractivity contribution in [2.24, 2.45) is 57.2 Å². The molecule has 1 heterocycles. The Bertz CT molecular complexity index is 1090. The first-order valence-corrected chi connectivity index (χ1v) is 16.1. The zero-order valence-electron chi connectivity index (χ0n) is 24.8. The summed E-state index contributed by atoms with van der Waals surface area (Å²) in [5.74, 6) is 4.38. The van der Waals surface area contributed by atoms with Crippen LogP contribution in [-0.4, -0.2) is 12.1 Å². The molecular formula is C35H52O2. The fourth-order valence-corrected chi connectivity index (χ4v) is 12.5. The molecule has 204 valence electrons. The molecule has 10 unspecified atom stereocenters. The van der Waals surface area contributed by atoms with E-state index in [1.165, 1.54) is 57.8 Å². The molecule has 0 aromatic heterocycles. The molecule has 2 nitrogen and oxygen atoms in total. The van der Waals surface area contributed by atoms with Crippen LogP contribution < -0.4 is 0 Å². The summed E-state index contributed by atoms with van der Waals surface area (Å²) in [6, 6.07) is 0. The highest BCUT2D eigenvalue weighted by Gasteiger charge is 2.75. The second-order valence-electron chi connectivity index (χ2n) is 16.3. The summed E-state index contributed by atoms with van der Waals surface area (Å²) >= 11 is 0. The van der Waals surface area contributed by atoms with E-state index in [0.717, 1.165) is 37.0 Å². The zero-order valence-corrected chi connectivity index (χ0v) is 24.8. The second-order valence-corrected chi connectivity index (χ2v) is 16.3. The van der Waals surface area contributed by atoms with Crippen LogP contribution in [0.25, 0.3) is 0 Å². The lowest BCUT2D eigenvalue weighted by Gasteiger charge is -2.52. The van der Waals surface area contributed by atoms with Gasteiger partial charge in [-0.15, -0.1) is 0 Å². The Kier molecular flexibility index (Phi) is 5.25. The van der Waals surface area contributed by atoms with E-state index in [1.54, 1.807) is 16.7 Å². The van der Waals surface area contributed by atoms with Crippen LogP contribution in [0.2, 0.25) is 0 Å². The lowest BCUT2D eigenvalue weighted by Crippen LogP contribution is -2.50. The van der Waals surface area contributed by atoms with Crippen molar-refractivity contribution in [3.63, 3.8) is 0 Å². The first-order valence-electron chi connectivity index (χ1n) is 16.1. The Morgan fingerprint density at radius 3 is 2.49 bits per heavy atom. The summed E-state index contributed by atoms with van der Waals surface area (Å²) < 4.78 is 6.51. The minimum Gasteiger partial charge on any atom is -0.462 e. The molecule has 0 radical (unpaired) electrons. The van der Waals surface area contributed by atoms with Gasteiger partial charge >= 0.3 is 5.97 Å². The number of carbonyl (C=O) groups is 1. The number of fused-ring (bicyclic) bond motifs is 9. The summed E-state index contributed by atoms with van der Waals surface area (Å²) in [4.78, 5) is 14.2. The molecule has 6 aliphatic carbocycles. The monoisotopic (exact) mass is 504 g/mol. The van der Waals surface area contributed by atoms with E-state index in [-0.39, 0.29) is 28.3 Å². The molecule has 0 amide bonds. The number of allylic oxidation sites excluding steroid dienone is 4. The summed E-state index contributed by atoms with van der Waals surface area (Å²) in [6.07, 6.45) is 15.2. The molecule has 7 aliphatic rings. The van der Waals surface area contributed by atoms with Gasteiger partial charge in [-0.05, 0) is 124 Å². The van der Waals surface area contributed by atoms with Gasteiger partial charge in [-0.25, -0.2) is 0 Å². The minimum atomic E-state index is -0.284. The van der Waals surface area contributed by atoms with Crippen molar-refractivity contribution >= 4 is 5.97 Å². The van der Waals surface area contributed by atoms with E-state index in [1.807, 2.05) is 5.57 Å². The molecule has 7 rings (SSSR count). The SMILES string of the molecule is CC1=C2CC3C(CC2(C)CCC1)OC(=O)C31CC2CC1(C)C1=C2C(C)CCC2C(C(C)C)CCC2(C)C1. The van der Waals surface area contributed by atoms with Crippen molar-refractivity contribution in [3.8, 4) is 0 Å². The van der Waals surface area contributed by atoms with Crippen LogP contribution in [0.5, 0.6) is 0 Å². The lowest BCUT2D eigenvalue weighted by molar-refractivity contribution is -0.153. The largest absolute Gasteiger partial charge is 0.462 e. The third-order valence-electron chi connectivity index (χ3n) is 14.3. The van der Waals surface area contributed by atoms with E-state index in [9.17, 15) is 4.79 Å². The van der Waals surface area contributed by atoms with E-state index < -0.39 is 0 Å². The highest BCUT2D eigenvalue weighted by molar-refractivity contribution is 5.83. The van der Waals surface area contributed by atoms with Crippen LogP contribution in [0, 0.1) is 57.2 Å². The summed E-state index contributed by atoms with van der Waals surface area (Å²) in [6.45, 7) is 17.5. The fourth-order valence-electron chi connectivity index (χ4n) is 12.5. The molecule has 4 fully saturated rings. The van der Waals surface area contributed by atoms with Crippen LogP contribution >= 0.6 is 0 Å². The zero-order chi connectivity index (χ0) is 26.1. The Balaban J connectivity index is 1.31. The first kappa shape index (κ1) is 25.0. The number of rotatable bonds is 1. The Morgan fingerprint density at radius 1 is 0.946 bits per heavy atom. The molecule has 3 saturated carbocycles. The van der Waals surface area contributed by atoms with Gasteiger partial charge in [0.25, 0.3) is 0 Å². The molecule has 1 saturated heterocycles. The average molecular weight is 505 g/mol. The highest BCUT2D eigenvalue weighted by atomic mass is 16.6. The third-order valence-corrected chi connectivity index (χ3v) is 14.3. The first-order chi connectivity index (χ1) is 17.4. The second kappa shape index (κ2) is 7.78. The third kappa shape index (κ3) is 3.03. The summed E-state index contributed by atoms with van der Waals surface area (Å²) in [5.41, 5.74) is 7.29. The van der Waals surface area contributed by atoms with Crippen molar-refractivity contribution < 1.29 is 9.53 Å². The van der Waals surface area contributed by atoms with E-state index >= 15 is 0 Å². The predicted octanol–water partition coefficient (Wildman–Crippen LogP) is 9.05. The normalized spacial score (nSPS) is 52.7. The van der Waals surface area contributed by atoms with Crippen molar-refractivity contribution in [1.29, 1.82) is 0 Å². The topological polar surface area (TPSA) is 26.3 Å². The predicted molar refractivity (Wildman–Crippen MR) is 150 cm³/mol. The smallest absolute Gasteiger partial charge is 0.313 e. The molecule has 0 N–H and O–H groups in total. The van der Waals surface area contributed by atoms with Gasteiger partial charge in [0.05, 0.1) is 5.41 Å². The van der Waals surface area contributed by atoms with E-state index in [4.69, 9.17) is 4.74 Å². The average Bonchev–Trinajstić information content (AvgIpc) is 3.47. The molecule has 2 bridgehead atoms. The Labute approximate surface area is 226 Å². The number of hydrogen-bond acceptors (Lipinski definition) is 2. The molecule has 1 aliphatic heterocycles. The fraction of sp³-hybridized carbons (Fsp3) is 0.857. The van der Waals surface area contributed by atoms with Gasteiger partial charge in [-0.2, -0.15) is 0 Å². The Hall–Kier alpha value is -1.05. The van der Waals surface area contributed by atoms with Gasteiger partial charge < -0.3 is 4.74 Å². The number of carbonyl (C=O) groups excluding carboxylic acids is 1. The van der Waals surface area contributed by atoms with Crippen LogP contribution in [0.4, 0.5) is 0 Å². The quantitative estimate of drug-likeness (QED) is 0.263. The van der Waals surface area contributed by atoms with Gasteiger partial charge in [0, 0.05) is 11.3 Å². The van der Waals surface area contributed by atoms with Gasteiger partial charge in [0.2, 0.25) is 0 Å². The maximum absolute atomic E-state index is 14.2. The molecule has 0 aromatic carbocycles. The molecule has 1 spiro atoms. The van der Waals surface area contributed by atoms with Crippen molar-refractivity contribution in [2.75, 3.05) is 0 Å². The lowest BCUT2D eigenvalue weighted by atomic mass is 9.48. The van der Waals surface area contributed by atoms with Gasteiger partial charge in [-0.1, -0.05) is 63.8 Å². The number of esters is 1. The summed E-state index contributed by atoms with van der Waals surface area (Å²) in [5, 5.41) is 0. The van der Waals surface area contributed by atoms with Gasteiger partial charge in [-0.3, -0.25) is 4.79 Å². The molecular weight excluding hydrogens is 452 g/mol. The highest BCUT2D eigenvalue weighted by Crippen LogP contribution is 2.77. The van der Waals surface area contributed by atoms with Crippen LogP contribution in [0.3, 0.4) is 0 Å². The molecule has 2 heteroatoms. The Morgan fingerprint density at radius 2 is 1.73 bits per heavy atom. The van der Waals surface area contributed by atoms with E-state index in [0.29, 0.717) is 23.2 Å². The standard InChI is InChI=1S/C35H52O2/c1-20(2)24-12-14-33(6)18-28-30(22(4)10-11-25(24)33)23-16-34(28,7)35(17-23)27-15-26-21(3)9-8-13-32(26,5)19-29(27)37-31(35)36/h20,22-25,27,29H,8-19H2,1-7H3. The maximum atomic E-state index is 14.2. The summed E-state index contributed by atoms with van der Waals surface area (Å²) in [7, 11) is 0. The van der Waals surface area contributed by atoms with Crippen LogP contribution in [0.1, 0.15) is 126 Å². The van der Waals surface area contributed by atoms with E-state index in [2.05, 4.69) is 48.5 Å². The van der Waals surface area contributed by atoms with Gasteiger partial charge in [0.15, 0.2) is 0 Å². The molecule has 10 atom stereocenters. The number of hydrogen-bond donors (Lipinski definition) is 0. The molecule has 37 heavy (non-hydrogen) atoms. The maximum Gasteiger partial charge on any atom is 0.313 e. The van der Waals surface area contributed by atoms with Crippen molar-refractivity contribution in [2.45, 2.75) is 132 Å². The van der Waals surface area contributed by atoms with Crippen molar-refractivity contribution in [3.05, 3.63) is 22.3 Å². The molecule has 0 aromatic rings.